The van der Waals surface area contributed by atoms with Crippen LogP contribution in [-0.2, 0) is 24.2 Å². The highest BCUT2D eigenvalue weighted by atomic mass is 32.2. The molecule has 2 aromatic carbocycles. The van der Waals surface area contributed by atoms with Crippen LogP contribution in [0.25, 0.3) is 10.2 Å². The van der Waals surface area contributed by atoms with Gasteiger partial charge in [-0.05, 0) is 41.5 Å². The summed E-state index contributed by atoms with van der Waals surface area (Å²) in [4.78, 5) is 30.3. The molecule has 0 aliphatic carbocycles. The van der Waals surface area contributed by atoms with E-state index in [1.807, 2.05) is 66.0 Å². The van der Waals surface area contributed by atoms with Gasteiger partial charge < -0.3 is 5.32 Å². The monoisotopic (exact) mass is 449 g/mol. The maximum absolute atomic E-state index is 13.1. The van der Waals surface area contributed by atoms with Crippen LogP contribution < -0.4 is 10.9 Å². The van der Waals surface area contributed by atoms with E-state index in [1.165, 1.54) is 23.1 Å². The third-order valence-electron chi connectivity index (χ3n) is 5.00. The first-order valence-electron chi connectivity index (χ1n) is 10.2. The highest BCUT2D eigenvalue weighted by Crippen LogP contribution is 2.22. The Morgan fingerprint density at radius 3 is 2.68 bits per heavy atom. The Morgan fingerprint density at radius 2 is 1.87 bits per heavy atom. The Kier molecular flexibility index (Phi) is 6.84. The Bertz CT molecular complexity index is 1250. The number of hydrogen-bond acceptors (Lipinski definition) is 5. The second-order valence-electron chi connectivity index (χ2n) is 7.07. The van der Waals surface area contributed by atoms with Gasteiger partial charge in [-0.15, -0.1) is 11.3 Å². The second kappa shape index (κ2) is 9.94. The number of aromatic nitrogens is 2. The average molecular weight is 450 g/mol. The van der Waals surface area contributed by atoms with Gasteiger partial charge in [-0.3, -0.25) is 14.2 Å². The van der Waals surface area contributed by atoms with Crippen molar-refractivity contribution >= 4 is 44.9 Å². The van der Waals surface area contributed by atoms with Crippen molar-refractivity contribution in [1.29, 1.82) is 0 Å². The fourth-order valence-electron chi connectivity index (χ4n) is 3.38. The van der Waals surface area contributed by atoms with Crippen LogP contribution in [0.15, 0.2) is 76.0 Å². The number of thioether (sulfide) groups is 1. The van der Waals surface area contributed by atoms with Crippen LogP contribution in [0.4, 0.5) is 5.69 Å². The van der Waals surface area contributed by atoms with E-state index in [1.54, 1.807) is 4.57 Å². The highest BCUT2D eigenvalue weighted by Gasteiger charge is 2.15. The lowest BCUT2D eigenvalue weighted by molar-refractivity contribution is -0.113. The number of rotatable bonds is 8. The number of hydrogen-bond donors (Lipinski definition) is 1. The minimum Gasteiger partial charge on any atom is -0.325 e. The van der Waals surface area contributed by atoms with Crippen molar-refractivity contribution in [2.75, 3.05) is 11.1 Å². The average Bonchev–Trinajstić information content (AvgIpc) is 3.27. The molecule has 1 amide bonds. The zero-order valence-electron chi connectivity index (χ0n) is 17.2. The minimum atomic E-state index is -0.111. The molecule has 2 aromatic heterocycles. The van der Waals surface area contributed by atoms with Crippen molar-refractivity contribution in [2.24, 2.45) is 0 Å². The fraction of sp³-hybridized carbons (Fsp3) is 0.208. The zero-order valence-corrected chi connectivity index (χ0v) is 18.8. The molecule has 7 heteroatoms. The van der Waals surface area contributed by atoms with Crippen LogP contribution in [0.2, 0.25) is 0 Å². The van der Waals surface area contributed by atoms with E-state index in [4.69, 9.17) is 0 Å². The molecule has 0 unspecified atom stereocenters. The number of thiophene rings is 1. The summed E-state index contributed by atoms with van der Waals surface area (Å²) in [7, 11) is 0. The summed E-state index contributed by atoms with van der Waals surface area (Å²) in [6.07, 6.45) is 1.57. The van der Waals surface area contributed by atoms with Gasteiger partial charge in [0.1, 0.15) is 4.70 Å². The van der Waals surface area contributed by atoms with Gasteiger partial charge in [0.25, 0.3) is 5.56 Å². The predicted molar refractivity (Wildman–Crippen MR) is 129 cm³/mol. The molecule has 0 spiro atoms. The van der Waals surface area contributed by atoms with E-state index in [2.05, 4.69) is 17.2 Å². The molecule has 31 heavy (non-hydrogen) atoms. The SMILES string of the molecule is CCc1ccccc1NC(=O)CSc1nc2ccsc2c(=O)n1CCc1ccccc1. The Hall–Kier alpha value is -2.90. The first-order valence-corrected chi connectivity index (χ1v) is 12.0. The Balaban J connectivity index is 1.53. The molecule has 0 fully saturated rings. The molecular formula is C24H23N3O2S2. The molecule has 0 atom stereocenters. The van der Waals surface area contributed by atoms with E-state index >= 15 is 0 Å². The first kappa shape index (κ1) is 21.3. The number of fused-ring (bicyclic) bond motifs is 1. The van der Waals surface area contributed by atoms with E-state index in [0.717, 1.165) is 29.7 Å². The molecule has 4 aromatic rings. The number of nitrogens with zero attached hydrogens (tertiary/aromatic N) is 2. The van der Waals surface area contributed by atoms with E-state index < -0.39 is 0 Å². The Morgan fingerprint density at radius 1 is 1.10 bits per heavy atom. The van der Waals surface area contributed by atoms with Gasteiger partial charge in [-0.1, -0.05) is 67.2 Å². The number of carbonyl (C=O) groups is 1. The standard InChI is InChI=1S/C24H23N3O2S2/c1-2-18-10-6-7-11-19(18)25-21(28)16-31-24-26-20-13-15-30-22(20)23(29)27(24)14-12-17-8-4-3-5-9-17/h3-11,13,15H,2,12,14,16H2,1H3,(H,25,28). The number of nitrogens with one attached hydrogen (secondary N) is 1. The smallest absolute Gasteiger partial charge is 0.272 e. The topological polar surface area (TPSA) is 64.0 Å². The second-order valence-corrected chi connectivity index (χ2v) is 8.93. The van der Waals surface area contributed by atoms with Crippen molar-refractivity contribution in [2.45, 2.75) is 31.5 Å². The van der Waals surface area contributed by atoms with Crippen molar-refractivity contribution < 1.29 is 4.79 Å². The third kappa shape index (κ3) is 5.06. The molecule has 5 nitrogen and oxygen atoms in total. The fourth-order valence-corrected chi connectivity index (χ4v) is 4.99. The lowest BCUT2D eigenvalue weighted by Gasteiger charge is -2.13. The first-order chi connectivity index (χ1) is 15.2. The van der Waals surface area contributed by atoms with Crippen molar-refractivity contribution in [3.63, 3.8) is 0 Å². The predicted octanol–water partition coefficient (Wildman–Crippen LogP) is 4.99. The molecule has 0 aliphatic heterocycles. The lowest BCUT2D eigenvalue weighted by atomic mass is 10.1. The summed E-state index contributed by atoms with van der Waals surface area (Å²) >= 11 is 2.70. The number of aryl methyl sites for hydroxylation is 2. The summed E-state index contributed by atoms with van der Waals surface area (Å²) in [5, 5.41) is 5.44. The number of carbonyl (C=O) groups excluding carboxylic acids is 1. The van der Waals surface area contributed by atoms with Crippen molar-refractivity contribution in [1.82, 2.24) is 9.55 Å². The molecular weight excluding hydrogens is 426 g/mol. The number of anilines is 1. The van der Waals surface area contributed by atoms with Gasteiger partial charge in [0, 0.05) is 12.2 Å². The van der Waals surface area contributed by atoms with E-state index in [-0.39, 0.29) is 17.2 Å². The lowest BCUT2D eigenvalue weighted by Crippen LogP contribution is -2.24. The molecule has 0 saturated carbocycles. The van der Waals surface area contributed by atoms with Crippen molar-refractivity contribution in [3.8, 4) is 0 Å². The maximum Gasteiger partial charge on any atom is 0.272 e. The van der Waals surface area contributed by atoms with Crippen LogP contribution in [0.5, 0.6) is 0 Å². The molecule has 1 N–H and O–H groups in total. The molecule has 0 saturated heterocycles. The minimum absolute atomic E-state index is 0.0461. The Labute approximate surface area is 189 Å². The van der Waals surface area contributed by atoms with Crippen LogP contribution in [0.1, 0.15) is 18.1 Å². The van der Waals surface area contributed by atoms with Gasteiger partial charge in [-0.2, -0.15) is 0 Å². The van der Waals surface area contributed by atoms with Gasteiger partial charge in [0.05, 0.1) is 11.3 Å². The van der Waals surface area contributed by atoms with Gasteiger partial charge in [-0.25, -0.2) is 4.98 Å². The van der Waals surface area contributed by atoms with E-state index in [9.17, 15) is 9.59 Å². The van der Waals surface area contributed by atoms with Gasteiger partial charge >= 0.3 is 0 Å². The van der Waals surface area contributed by atoms with Crippen LogP contribution in [0.3, 0.4) is 0 Å². The van der Waals surface area contributed by atoms with Crippen molar-refractivity contribution in [3.05, 3.63) is 87.5 Å². The van der Waals surface area contributed by atoms with Gasteiger partial charge in [0.2, 0.25) is 5.91 Å². The van der Waals surface area contributed by atoms with Crippen LogP contribution >= 0.6 is 23.1 Å². The quantitative estimate of drug-likeness (QED) is 0.304. The zero-order chi connectivity index (χ0) is 21.6. The molecule has 0 aliphatic rings. The molecule has 158 valence electrons. The number of amides is 1. The molecule has 0 radical (unpaired) electrons. The molecule has 0 bridgehead atoms. The molecule has 2 heterocycles. The summed E-state index contributed by atoms with van der Waals surface area (Å²) in [5.41, 5.74) is 3.72. The maximum atomic E-state index is 13.1. The number of benzene rings is 2. The van der Waals surface area contributed by atoms with Crippen LogP contribution in [-0.4, -0.2) is 21.2 Å². The summed E-state index contributed by atoms with van der Waals surface area (Å²) < 4.78 is 2.35. The van der Waals surface area contributed by atoms with E-state index in [0.29, 0.717) is 21.9 Å². The summed E-state index contributed by atoms with van der Waals surface area (Å²) in [6, 6.07) is 19.7. The highest BCUT2D eigenvalue weighted by molar-refractivity contribution is 7.99. The largest absolute Gasteiger partial charge is 0.325 e. The molecule has 4 rings (SSSR count). The summed E-state index contributed by atoms with van der Waals surface area (Å²) in [6.45, 7) is 2.58. The van der Waals surface area contributed by atoms with Gasteiger partial charge in [0.15, 0.2) is 5.16 Å². The normalized spacial score (nSPS) is 11.0. The number of para-hydroxylation sites is 1. The summed E-state index contributed by atoms with van der Waals surface area (Å²) in [5.74, 6) is 0.0750. The van der Waals surface area contributed by atoms with Crippen LogP contribution in [0, 0.1) is 0 Å². The third-order valence-corrected chi connectivity index (χ3v) is 6.87.